The Kier molecular flexibility index (Phi) is 4.57. The molecular weight excluding hydrogens is 357 g/mol. The first kappa shape index (κ1) is 16.6. The Hall–Kier alpha value is -2.88. The summed E-state index contributed by atoms with van der Waals surface area (Å²) in [6.07, 6.45) is 5.95. The van der Waals surface area contributed by atoms with Crippen molar-refractivity contribution >= 4 is 23.1 Å². The highest BCUT2D eigenvalue weighted by Gasteiger charge is 2.30. The van der Waals surface area contributed by atoms with Crippen LogP contribution in [0.3, 0.4) is 0 Å². The second-order valence-corrected chi connectivity index (χ2v) is 6.85. The molecule has 1 fully saturated rings. The highest BCUT2D eigenvalue weighted by Crippen LogP contribution is 2.32. The average Bonchev–Trinajstić information content (AvgIpc) is 3.37. The largest absolute Gasteiger partial charge is 0.322 e. The number of nitrogens with one attached hydrogen (secondary N) is 1. The lowest BCUT2D eigenvalue weighted by Crippen LogP contribution is -2.41. The number of likely N-dealkylation sites (tertiary alicyclic amines) is 1. The van der Waals surface area contributed by atoms with Crippen LogP contribution in [0.2, 0.25) is 0 Å². The molecule has 0 spiro atoms. The highest BCUT2D eigenvalue weighted by molar-refractivity contribution is 7.09. The van der Waals surface area contributed by atoms with Gasteiger partial charge in [-0.05, 0) is 47.9 Å². The van der Waals surface area contributed by atoms with Gasteiger partial charge in [0.15, 0.2) is 0 Å². The summed E-state index contributed by atoms with van der Waals surface area (Å²) in [4.78, 5) is 18.9. The molecule has 1 saturated heterocycles. The maximum absolute atomic E-state index is 14.2. The molecule has 3 aromatic rings. The van der Waals surface area contributed by atoms with Crippen LogP contribution in [0.1, 0.15) is 30.3 Å². The first-order valence-electron chi connectivity index (χ1n) is 8.22. The number of tetrazole rings is 1. The van der Waals surface area contributed by atoms with Crippen LogP contribution in [-0.2, 0) is 0 Å². The van der Waals surface area contributed by atoms with Crippen molar-refractivity contribution in [1.29, 1.82) is 0 Å². The van der Waals surface area contributed by atoms with Crippen molar-refractivity contribution < 1.29 is 9.18 Å². The predicted molar refractivity (Wildman–Crippen MR) is 93.5 cm³/mol. The quantitative estimate of drug-likeness (QED) is 0.762. The maximum Gasteiger partial charge on any atom is 0.322 e. The van der Waals surface area contributed by atoms with Crippen LogP contribution in [0.4, 0.5) is 14.9 Å². The molecule has 10 heteroatoms. The number of carbonyl (C=O) groups is 1. The Labute approximate surface area is 152 Å². The Morgan fingerprint density at radius 1 is 1.35 bits per heavy atom. The summed E-state index contributed by atoms with van der Waals surface area (Å²) in [5.74, 6) is -0.516. The minimum atomic E-state index is -0.516. The third-order valence-electron chi connectivity index (χ3n) is 4.31. The SMILES string of the molecule is O=C(Nc1cc(-n2cnnn2)ccc1F)N1CCCC[C@@H]1c1nccs1. The molecule has 3 heterocycles. The average molecular weight is 373 g/mol. The summed E-state index contributed by atoms with van der Waals surface area (Å²) in [5, 5.41) is 16.4. The fourth-order valence-corrected chi connectivity index (χ4v) is 3.83. The van der Waals surface area contributed by atoms with Gasteiger partial charge in [-0.15, -0.1) is 16.4 Å². The summed E-state index contributed by atoms with van der Waals surface area (Å²) in [6.45, 7) is 0.615. The second kappa shape index (κ2) is 7.16. The summed E-state index contributed by atoms with van der Waals surface area (Å²) in [5.41, 5.74) is 0.647. The molecule has 0 saturated carbocycles. The lowest BCUT2D eigenvalue weighted by atomic mass is 10.0. The van der Waals surface area contributed by atoms with Gasteiger partial charge >= 0.3 is 6.03 Å². The third kappa shape index (κ3) is 3.27. The summed E-state index contributed by atoms with van der Waals surface area (Å²) >= 11 is 1.53. The van der Waals surface area contributed by atoms with Gasteiger partial charge in [0.2, 0.25) is 0 Å². The Morgan fingerprint density at radius 3 is 3.04 bits per heavy atom. The van der Waals surface area contributed by atoms with E-state index >= 15 is 0 Å². The van der Waals surface area contributed by atoms with E-state index in [9.17, 15) is 9.18 Å². The van der Waals surface area contributed by atoms with Gasteiger partial charge in [0.05, 0.1) is 17.4 Å². The molecule has 1 N–H and O–H groups in total. The van der Waals surface area contributed by atoms with Crippen molar-refractivity contribution in [3.8, 4) is 5.69 Å². The van der Waals surface area contributed by atoms with Crippen LogP contribution in [0.15, 0.2) is 36.1 Å². The molecular formula is C16H16FN7OS. The fourth-order valence-electron chi connectivity index (χ4n) is 3.05. The molecule has 1 aliphatic rings. The molecule has 0 bridgehead atoms. The van der Waals surface area contributed by atoms with E-state index in [4.69, 9.17) is 0 Å². The Morgan fingerprint density at radius 2 is 2.27 bits per heavy atom. The number of hydrogen-bond donors (Lipinski definition) is 1. The zero-order valence-electron chi connectivity index (χ0n) is 13.7. The second-order valence-electron chi connectivity index (χ2n) is 5.92. The van der Waals surface area contributed by atoms with Crippen molar-refractivity contribution in [2.45, 2.75) is 25.3 Å². The van der Waals surface area contributed by atoms with Crippen LogP contribution in [0.5, 0.6) is 0 Å². The van der Waals surface area contributed by atoms with Crippen molar-refractivity contribution in [3.05, 3.63) is 46.9 Å². The number of thiazole rings is 1. The van der Waals surface area contributed by atoms with Gasteiger partial charge in [-0.25, -0.2) is 18.9 Å². The standard InChI is InChI=1S/C16H16FN7OS/c17-12-5-4-11(24-10-19-21-22-24)9-13(12)20-16(25)23-7-2-1-3-14(23)15-18-6-8-26-15/h4-6,8-10,14H,1-3,7H2,(H,20,25)/t14-/m1/s1. The predicted octanol–water partition coefficient (Wildman–Crippen LogP) is 3.02. The van der Waals surface area contributed by atoms with E-state index in [1.165, 1.54) is 34.5 Å². The lowest BCUT2D eigenvalue weighted by Gasteiger charge is -2.34. The number of hydrogen-bond acceptors (Lipinski definition) is 6. The minimum Gasteiger partial charge on any atom is -0.315 e. The Balaban J connectivity index is 1.56. The molecule has 134 valence electrons. The number of aromatic nitrogens is 5. The van der Waals surface area contributed by atoms with Gasteiger partial charge in [0.25, 0.3) is 0 Å². The van der Waals surface area contributed by atoms with Crippen molar-refractivity contribution in [2.75, 3.05) is 11.9 Å². The van der Waals surface area contributed by atoms with Gasteiger partial charge in [0, 0.05) is 18.1 Å². The summed E-state index contributed by atoms with van der Waals surface area (Å²) in [6, 6.07) is 3.92. The van der Waals surface area contributed by atoms with Gasteiger partial charge < -0.3 is 10.2 Å². The Bertz CT molecular complexity index is 884. The highest BCUT2D eigenvalue weighted by atomic mass is 32.1. The first-order valence-corrected chi connectivity index (χ1v) is 9.10. The van der Waals surface area contributed by atoms with E-state index in [0.717, 1.165) is 24.3 Å². The molecule has 4 rings (SSSR count). The van der Waals surface area contributed by atoms with Crippen LogP contribution in [0, 0.1) is 5.82 Å². The van der Waals surface area contributed by atoms with Gasteiger partial charge in [-0.1, -0.05) is 0 Å². The smallest absolute Gasteiger partial charge is 0.315 e. The fraction of sp³-hybridized carbons (Fsp3) is 0.312. The molecule has 1 aliphatic heterocycles. The molecule has 0 aliphatic carbocycles. The number of amides is 2. The number of benzene rings is 1. The molecule has 1 atom stereocenters. The molecule has 8 nitrogen and oxygen atoms in total. The number of carbonyl (C=O) groups excluding carboxylic acids is 1. The zero-order chi connectivity index (χ0) is 17.9. The third-order valence-corrected chi connectivity index (χ3v) is 5.18. The van der Waals surface area contributed by atoms with E-state index < -0.39 is 5.82 Å². The normalized spacial score (nSPS) is 17.3. The van der Waals surface area contributed by atoms with E-state index in [0.29, 0.717) is 12.2 Å². The monoisotopic (exact) mass is 373 g/mol. The first-order chi connectivity index (χ1) is 12.7. The maximum atomic E-state index is 14.2. The molecule has 0 radical (unpaired) electrons. The number of rotatable bonds is 3. The van der Waals surface area contributed by atoms with E-state index in [1.807, 2.05) is 5.38 Å². The molecule has 1 aromatic carbocycles. The van der Waals surface area contributed by atoms with Crippen molar-refractivity contribution in [1.82, 2.24) is 30.1 Å². The van der Waals surface area contributed by atoms with Crippen LogP contribution >= 0.6 is 11.3 Å². The summed E-state index contributed by atoms with van der Waals surface area (Å²) in [7, 11) is 0. The van der Waals surface area contributed by atoms with Gasteiger partial charge in [-0.3, -0.25) is 0 Å². The van der Waals surface area contributed by atoms with E-state index in [2.05, 4.69) is 25.8 Å². The lowest BCUT2D eigenvalue weighted by molar-refractivity contribution is 0.163. The summed E-state index contributed by atoms with van der Waals surface area (Å²) < 4.78 is 15.6. The molecule has 2 amide bonds. The molecule has 0 unspecified atom stereocenters. The van der Waals surface area contributed by atoms with Crippen molar-refractivity contribution in [2.24, 2.45) is 0 Å². The number of anilines is 1. The zero-order valence-corrected chi connectivity index (χ0v) is 14.6. The van der Waals surface area contributed by atoms with Crippen LogP contribution in [-0.4, -0.2) is 42.7 Å². The van der Waals surface area contributed by atoms with Gasteiger partial charge in [0.1, 0.15) is 17.2 Å². The van der Waals surface area contributed by atoms with Crippen LogP contribution in [0.25, 0.3) is 5.69 Å². The minimum absolute atomic E-state index is 0.0745. The van der Waals surface area contributed by atoms with Gasteiger partial charge in [-0.2, -0.15) is 0 Å². The van der Waals surface area contributed by atoms with Crippen molar-refractivity contribution in [3.63, 3.8) is 0 Å². The van der Waals surface area contributed by atoms with E-state index in [-0.39, 0.29) is 17.8 Å². The molecule has 26 heavy (non-hydrogen) atoms. The number of piperidine rings is 1. The number of nitrogens with zero attached hydrogens (tertiary/aromatic N) is 6. The molecule has 2 aromatic heterocycles. The van der Waals surface area contributed by atoms with Crippen LogP contribution < -0.4 is 5.32 Å². The number of halogens is 1. The topological polar surface area (TPSA) is 88.8 Å². The number of urea groups is 1. The van der Waals surface area contributed by atoms with E-state index in [1.54, 1.807) is 17.2 Å².